The maximum Gasteiger partial charge on any atom is 0.287 e. The highest BCUT2D eigenvalue weighted by Gasteiger charge is 2.27. The molecule has 0 aliphatic carbocycles. The van der Waals surface area contributed by atoms with Gasteiger partial charge < -0.3 is 15.2 Å². The van der Waals surface area contributed by atoms with Crippen LogP contribution in [0.2, 0.25) is 0 Å². The fraction of sp³-hybridized carbons (Fsp3) is 0.615. The molecule has 7 nitrogen and oxygen atoms in total. The second kappa shape index (κ2) is 6.51. The zero-order valence-corrected chi connectivity index (χ0v) is 11.6. The summed E-state index contributed by atoms with van der Waals surface area (Å²) in [6.07, 6.45) is 4.14. The Bertz CT molecular complexity index is 480. The van der Waals surface area contributed by atoms with Gasteiger partial charge in [-0.05, 0) is 25.8 Å². The molecule has 1 aromatic rings. The van der Waals surface area contributed by atoms with Gasteiger partial charge in [-0.25, -0.2) is 0 Å². The number of nitro groups is 1. The van der Waals surface area contributed by atoms with E-state index in [-0.39, 0.29) is 23.3 Å². The minimum absolute atomic E-state index is 0.0773. The van der Waals surface area contributed by atoms with Gasteiger partial charge in [0.25, 0.3) is 11.6 Å². The lowest BCUT2D eigenvalue weighted by Crippen LogP contribution is -2.49. The van der Waals surface area contributed by atoms with E-state index in [1.54, 1.807) is 0 Å². The maximum atomic E-state index is 12.5. The minimum atomic E-state index is -0.500. The van der Waals surface area contributed by atoms with Gasteiger partial charge in [-0.15, -0.1) is 0 Å². The summed E-state index contributed by atoms with van der Waals surface area (Å²) in [6.45, 7) is 4.46. The molecule has 1 atom stereocenters. The number of nitrogens with one attached hydrogen (secondary N) is 2. The number of aromatic amines is 1. The summed E-state index contributed by atoms with van der Waals surface area (Å²) in [5.74, 6) is -0.159. The zero-order valence-electron chi connectivity index (χ0n) is 11.6. The first-order valence-corrected chi connectivity index (χ1v) is 6.98. The smallest absolute Gasteiger partial charge is 0.287 e. The van der Waals surface area contributed by atoms with Gasteiger partial charge in [0.05, 0.1) is 11.1 Å². The zero-order chi connectivity index (χ0) is 14.5. The first-order chi connectivity index (χ1) is 9.63. The Kier molecular flexibility index (Phi) is 4.73. The van der Waals surface area contributed by atoms with Gasteiger partial charge >= 0.3 is 0 Å². The summed E-state index contributed by atoms with van der Waals surface area (Å²) in [6, 6.07) is 1.47. The lowest BCUT2D eigenvalue weighted by molar-refractivity contribution is -0.384. The fourth-order valence-corrected chi connectivity index (χ4v) is 2.56. The standard InChI is InChI=1S/C13H20N4O3/c1-2-6-16(10-4-3-5-14-8-10)13(18)12-7-11(9-15-12)17(19)20/h7,9-10,14-15H,2-6,8H2,1H3. The van der Waals surface area contributed by atoms with Crippen molar-refractivity contribution in [2.75, 3.05) is 19.6 Å². The van der Waals surface area contributed by atoms with Gasteiger partial charge in [0.15, 0.2) is 0 Å². The van der Waals surface area contributed by atoms with E-state index in [9.17, 15) is 14.9 Å². The van der Waals surface area contributed by atoms with Crippen molar-refractivity contribution >= 4 is 11.6 Å². The van der Waals surface area contributed by atoms with E-state index in [1.165, 1.54) is 12.3 Å². The van der Waals surface area contributed by atoms with Gasteiger partial charge in [-0.3, -0.25) is 14.9 Å². The van der Waals surface area contributed by atoms with Gasteiger partial charge in [0.1, 0.15) is 5.69 Å². The average molecular weight is 280 g/mol. The molecule has 1 amide bonds. The number of carbonyl (C=O) groups excluding carboxylic acids is 1. The number of rotatable bonds is 5. The number of piperidine rings is 1. The quantitative estimate of drug-likeness (QED) is 0.632. The van der Waals surface area contributed by atoms with E-state index < -0.39 is 4.92 Å². The van der Waals surface area contributed by atoms with E-state index >= 15 is 0 Å². The van der Waals surface area contributed by atoms with E-state index in [4.69, 9.17) is 0 Å². The normalized spacial score (nSPS) is 18.8. The number of carbonyl (C=O) groups is 1. The highest BCUT2D eigenvalue weighted by atomic mass is 16.6. The van der Waals surface area contributed by atoms with Crippen molar-refractivity contribution in [2.45, 2.75) is 32.2 Å². The molecule has 7 heteroatoms. The van der Waals surface area contributed by atoms with Gasteiger partial charge in [-0.2, -0.15) is 0 Å². The molecule has 0 saturated carbocycles. The van der Waals surface area contributed by atoms with Crippen LogP contribution in [0.15, 0.2) is 12.3 Å². The second-order valence-electron chi connectivity index (χ2n) is 5.03. The third-order valence-electron chi connectivity index (χ3n) is 3.55. The predicted octanol–water partition coefficient (Wildman–Crippen LogP) is 1.53. The van der Waals surface area contributed by atoms with Crippen LogP contribution in [-0.4, -0.2) is 46.4 Å². The summed E-state index contributed by atoms with van der Waals surface area (Å²) in [5, 5.41) is 14.0. The molecule has 1 fully saturated rings. The number of hydrogen-bond acceptors (Lipinski definition) is 4. The molecule has 20 heavy (non-hydrogen) atoms. The van der Waals surface area contributed by atoms with Crippen molar-refractivity contribution in [2.24, 2.45) is 0 Å². The van der Waals surface area contributed by atoms with Crippen LogP contribution in [0.3, 0.4) is 0 Å². The van der Waals surface area contributed by atoms with Crippen molar-refractivity contribution in [1.29, 1.82) is 0 Å². The van der Waals surface area contributed by atoms with E-state index in [0.717, 1.165) is 32.4 Å². The SMILES string of the molecule is CCCN(C(=O)c1cc([N+](=O)[O-])c[nH]1)C1CCCNC1. The topological polar surface area (TPSA) is 91.3 Å². The molecule has 0 aromatic carbocycles. The van der Waals surface area contributed by atoms with Gasteiger partial charge in [0.2, 0.25) is 0 Å². The van der Waals surface area contributed by atoms with E-state index in [2.05, 4.69) is 10.3 Å². The third-order valence-corrected chi connectivity index (χ3v) is 3.55. The Morgan fingerprint density at radius 3 is 2.95 bits per heavy atom. The molecule has 2 rings (SSSR count). The summed E-state index contributed by atoms with van der Waals surface area (Å²) < 4.78 is 0. The summed E-state index contributed by atoms with van der Waals surface area (Å²) in [4.78, 5) is 27.2. The van der Waals surface area contributed by atoms with Crippen LogP contribution in [0, 0.1) is 10.1 Å². The van der Waals surface area contributed by atoms with Crippen LogP contribution >= 0.6 is 0 Å². The fourth-order valence-electron chi connectivity index (χ4n) is 2.56. The van der Waals surface area contributed by atoms with Crippen LogP contribution < -0.4 is 5.32 Å². The number of aromatic nitrogens is 1. The Labute approximate surface area is 117 Å². The van der Waals surface area contributed by atoms with Crippen molar-refractivity contribution in [1.82, 2.24) is 15.2 Å². The monoisotopic (exact) mass is 280 g/mol. The summed E-state index contributed by atoms with van der Waals surface area (Å²) >= 11 is 0. The van der Waals surface area contributed by atoms with Crippen molar-refractivity contribution < 1.29 is 9.72 Å². The molecule has 2 heterocycles. The van der Waals surface area contributed by atoms with Crippen LogP contribution in [0.1, 0.15) is 36.7 Å². The number of H-pyrrole nitrogens is 1. The Morgan fingerprint density at radius 1 is 1.60 bits per heavy atom. The summed E-state index contributed by atoms with van der Waals surface area (Å²) in [7, 11) is 0. The third kappa shape index (κ3) is 3.16. The Morgan fingerprint density at radius 2 is 2.40 bits per heavy atom. The van der Waals surface area contributed by atoms with Crippen LogP contribution in [0.25, 0.3) is 0 Å². The molecular formula is C13H20N4O3. The van der Waals surface area contributed by atoms with Crippen molar-refractivity contribution in [3.05, 3.63) is 28.1 Å². The molecule has 1 aromatic heterocycles. The second-order valence-corrected chi connectivity index (χ2v) is 5.03. The van der Waals surface area contributed by atoms with Crippen LogP contribution in [0.5, 0.6) is 0 Å². The van der Waals surface area contributed by atoms with Crippen LogP contribution in [-0.2, 0) is 0 Å². The lowest BCUT2D eigenvalue weighted by Gasteiger charge is -2.34. The number of nitrogens with zero attached hydrogens (tertiary/aromatic N) is 2. The molecule has 1 unspecified atom stereocenters. The molecule has 1 aliphatic rings. The van der Waals surface area contributed by atoms with Crippen molar-refractivity contribution in [3.63, 3.8) is 0 Å². The van der Waals surface area contributed by atoms with E-state index in [0.29, 0.717) is 6.54 Å². The molecule has 0 bridgehead atoms. The minimum Gasteiger partial charge on any atom is -0.351 e. The number of hydrogen-bond donors (Lipinski definition) is 2. The lowest BCUT2D eigenvalue weighted by atomic mass is 10.1. The largest absolute Gasteiger partial charge is 0.351 e. The average Bonchev–Trinajstić information content (AvgIpc) is 2.95. The molecule has 1 aliphatic heterocycles. The van der Waals surface area contributed by atoms with Crippen molar-refractivity contribution in [3.8, 4) is 0 Å². The molecule has 2 N–H and O–H groups in total. The molecular weight excluding hydrogens is 260 g/mol. The number of amides is 1. The Balaban J connectivity index is 2.14. The molecule has 1 saturated heterocycles. The summed E-state index contributed by atoms with van der Waals surface area (Å²) in [5.41, 5.74) is 0.210. The highest BCUT2D eigenvalue weighted by molar-refractivity contribution is 5.93. The van der Waals surface area contributed by atoms with Crippen LogP contribution in [0.4, 0.5) is 5.69 Å². The van der Waals surface area contributed by atoms with Gasteiger partial charge in [-0.1, -0.05) is 6.92 Å². The molecule has 0 radical (unpaired) electrons. The first kappa shape index (κ1) is 14.5. The van der Waals surface area contributed by atoms with Gasteiger partial charge in [0, 0.05) is 25.2 Å². The molecule has 0 spiro atoms. The van der Waals surface area contributed by atoms with E-state index in [1.807, 2.05) is 11.8 Å². The maximum absolute atomic E-state index is 12.5. The predicted molar refractivity (Wildman–Crippen MR) is 74.7 cm³/mol. The Hall–Kier alpha value is -1.89. The first-order valence-electron chi connectivity index (χ1n) is 6.98. The molecule has 110 valence electrons. The highest BCUT2D eigenvalue weighted by Crippen LogP contribution is 2.18.